The van der Waals surface area contributed by atoms with Gasteiger partial charge in [0.1, 0.15) is 0 Å². The molecule has 5 nitrogen and oxygen atoms in total. The highest BCUT2D eigenvalue weighted by atomic mass is 16.5. The fourth-order valence-electron chi connectivity index (χ4n) is 1.82. The van der Waals surface area contributed by atoms with Gasteiger partial charge in [-0.3, -0.25) is 0 Å². The largest absolute Gasteiger partial charge is 0.504 e. The smallest absolute Gasteiger partial charge is 0.161 e. The summed E-state index contributed by atoms with van der Waals surface area (Å²) in [5.74, 6) is 0.558. The molecule has 3 rings (SSSR count). The van der Waals surface area contributed by atoms with Crippen LogP contribution in [0.5, 0.6) is 11.5 Å². The van der Waals surface area contributed by atoms with E-state index in [2.05, 4.69) is 10.1 Å². The van der Waals surface area contributed by atoms with Gasteiger partial charge in [-0.15, -0.1) is 0 Å². The van der Waals surface area contributed by atoms with E-state index in [0.717, 1.165) is 16.8 Å². The first-order valence-corrected chi connectivity index (χ1v) is 5.45. The quantitative estimate of drug-likeness (QED) is 0.746. The average molecular weight is 241 g/mol. The van der Waals surface area contributed by atoms with E-state index in [1.165, 1.54) is 7.11 Å². The lowest BCUT2D eigenvalue weighted by atomic mass is 10.1. The van der Waals surface area contributed by atoms with E-state index in [0.29, 0.717) is 5.75 Å². The summed E-state index contributed by atoms with van der Waals surface area (Å²) < 4.78 is 6.79. The Hall–Kier alpha value is -2.56. The lowest BCUT2D eigenvalue weighted by molar-refractivity contribution is 0.373. The topological polar surface area (TPSA) is 59.7 Å². The number of aromatic hydroxyl groups is 1. The molecule has 0 amide bonds. The Morgan fingerprint density at radius 1 is 1.22 bits per heavy atom. The van der Waals surface area contributed by atoms with E-state index in [-0.39, 0.29) is 5.75 Å². The van der Waals surface area contributed by atoms with E-state index in [9.17, 15) is 5.11 Å². The highest BCUT2D eigenvalue weighted by Gasteiger charge is 2.06. The van der Waals surface area contributed by atoms with Crippen LogP contribution in [0.1, 0.15) is 0 Å². The van der Waals surface area contributed by atoms with Gasteiger partial charge in [0.25, 0.3) is 0 Å². The lowest BCUT2D eigenvalue weighted by Gasteiger charge is -2.06. The number of fused-ring (bicyclic) bond motifs is 1. The van der Waals surface area contributed by atoms with Gasteiger partial charge in [0, 0.05) is 24.0 Å². The number of aromatic nitrogens is 3. The second-order valence-corrected chi connectivity index (χ2v) is 3.86. The van der Waals surface area contributed by atoms with Crippen LogP contribution in [0, 0.1) is 0 Å². The van der Waals surface area contributed by atoms with Gasteiger partial charge in [0.05, 0.1) is 13.3 Å². The molecule has 3 aromatic rings. The minimum atomic E-state index is 0.120. The van der Waals surface area contributed by atoms with Gasteiger partial charge in [-0.1, -0.05) is 6.07 Å². The fourth-order valence-corrected chi connectivity index (χ4v) is 1.82. The molecule has 0 atom stereocenters. The zero-order valence-corrected chi connectivity index (χ0v) is 9.74. The van der Waals surface area contributed by atoms with Gasteiger partial charge in [-0.25, -0.2) is 9.50 Å². The third-order valence-corrected chi connectivity index (χ3v) is 2.76. The van der Waals surface area contributed by atoms with Crippen molar-refractivity contribution in [2.75, 3.05) is 7.11 Å². The predicted octanol–water partition coefficient (Wildman–Crippen LogP) is 2.11. The van der Waals surface area contributed by atoms with Crippen molar-refractivity contribution in [3.8, 4) is 22.6 Å². The van der Waals surface area contributed by atoms with Crippen molar-refractivity contribution in [1.29, 1.82) is 0 Å². The Morgan fingerprint density at radius 2 is 2.11 bits per heavy atom. The Labute approximate surface area is 103 Å². The van der Waals surface area contributed by atoms with Crippen LogP contribution >= 0.6 is 0 Å². The van der Waals surface area contributed by atoms with Gasteiger partial charge >= 0.3 is 0 Å². The second kappa shape index (κ2) is 4.03. The Balaban J connectivity index is 2.13. The van der Waals surface area contributed by atoms with Crippen molar-refractivity contribution in [1.82, 2.24) is 14.6 Å². The maximum atomic E-state index is 9.56. The van der Waals surface area contributed by atoms with Gasteiger partial charge in [0.15, 0.2) is 17.1 Å². The molecule has 0 radical (unpaired) electrons. The number of methoxy groups -OCH3 is 1. The lowest BCUT2D eigenvalue weighted by Crippen LogP contribution is -1.91. The first kappa shape index (κ1) is 10.6. The van der Waals surface area contributed by atoms with Crippen molar-refractivity contribution in [3.05, 3.63) is 42.9 Å². The molecule has 2 aromatic heterocycles. The maximum Gasteiger partial charge on any atom is 0.161 e. The molecule has 0 aliphatic rings. The zero-order valence-electron chi connectivity index (χ0n) is 9.74. The van der Waals surface area contributed by atoms with Gasteiger partial charge < -0.3 is 9.84 Å². The minimum absolute atomic E-state index is 0.120. The molecule has 0 saturated carbocycles. The molecule has 2 heterocycles. The summed E-state index contributed by atoms with van der Waals surface area (Å²) in [6, 6.07) is 7.01. The molecule has 0 fully saturated rings. The third-order valence-electron chi connectivity index (χ3n) is 2.76. The second-order valence-electron chi connectivity index (χ2n) is 3.86. The number of phenols is 1. The van der Waals surface area contributed by atoms with Crippen LogP contribution in [-0.2, 0) is 0 Å². The average Bonchev–Trinajstić information content (AvgIpc) is 2.86. The molecule has 90 valence electrons. The highest BCUT2D eigenvalue weighted by Crippen LogP contribution is 2.31. The van der Waals surface area contributed by atoms with Crippen LogP contribution in [0.25, 0.3) is 16.8 Å². The van der Waals surface area contributed by atoms with Crippen molar-refractivity contribution < 1.29 is 9.84 Å². The zero-order chi connectivity index (χ0) is 12.5. The van der Waals surface area contributed by atoms with E-state index in [4.69, 9.17) is 4.74 Å². The Bertz CT molecular complexity index is 706. The molecule has 0 unspecified atom stereocenters. The molecule has 0 saturated heterocycles. The predicted molar refractivity (Wildman–Crippen MR) is 66.6 cm³/mol. The van der Waals surface area contributed by atoms with Crippen LogP contribution < -0.4 is 4.74 Å². The van der Waals surface area contributed by atoms with Gasteiger partial charge in [-0.2, -0.15) is 5.10 Å². The normalized spacial score (nSPS) is 10.7. The van der Waals surface area contributed by atoms with E-state index < -0.39 is 0 Å². The number of hydrogen-bond acceptors (Lipinski definition) is 4. The van der Waals surface area contributed by atoms with E-state index in [1.54, 1.807) is 29.0 Å². The summed E-state index contributed by atoms with van der Waals surface area (Å²) >= 11 is 0. The number of phenolic OH excluding ortho intramolecular Hbond substituents is 1. The van der Waals surface area contributed by atoms with Crippen molar-refractivity contribution in [2.24, 2.45) is 0 Å². The summed E-state index contributed by atoms with van der Waals surface area (Å²) in [6.45, 7) is 0. The third kappa shape index (κ3) is 1.66. The van der Waals surface area contributed by atoms with Crippen LogP contribution in [0.2, 0.25) is 0 Å². The number of ether oxygens (including phenoxy) is 1. The monoisotopic (exact) mass is 241 g/mol. The summed E-state index contributed by atoms with van der Waals surface area (Å²) in [6.07, 6.45) is 5.35. The van der Waals surface area contributed by atoms with Gasteiger partial charge in [0.2, 0.25) is 0 Å². The number of rotatable bonds is 2. The maximum absolute atomic E-state index is 9.56. The fraction of sp³-hybridized carbons (Fsp3) is 0.0769. The summed E-state index contributed by atoms with van der Waals surface area (Å²) in [7, 11) is 1.52. The van der Waals surface area contributed by atoms with Crippen LogP contribution in [0.3, 0.4) is 0 Å². The molecular weight excluding hydrogens is 230 g/mol. The van der Waals surface area contributed by atoms with Crippen LogP contribution in [0.4, 0.5) is 0 Å². The molecule has 0 bridgehead atoms. The SMILES string of the molecule is COc1cc(-c2cnc3ccnn3c2)ccc1O. The first-order valence-electron chi connectivity index (χ1n) is 5.45. The van der Waals surface area contributed by atoms with Crippen molar-refractivity contribution in [2.45, 2.75) is 0 Å². The van der Waals surface area contributed by atoms with Crippen molar-refractivity contribution in [3.63, 3.8) is 0 Å². The molecule has 1 N–H and O–H groups in total. The number of hydrogen-bond donors (Lipinski definition) is 1. The molecule has 5 heteroatoms. The highest BCUT2D eigenvalue weighted by molar-refractivity contribution is 5.66. The molecule has 1 aromatic carbocycles. The first-order chi connectivity index (χ1) is 8.78. The van der Waals surface area contributed by atoms with E-state index in [1.807, 2.05) is 18.3 Å². The standard InChI is InChI=1S/C13H11N3O2/c1-18-12-6-9(2-3-11(12)17)10-7-14-13-4-5-15-16(13)8-10/h2-8,17H,1H3. The van der Waals surface area contributed by atoms with E-state index >= 15 is 0 Å². The molecule has 0 aliphatic heterocycles. The molecule has 0 spiro atoms. The van der Waals surface area contributed by atoms with Crippen LogP contribution in [0.15, 0.2) is 42.9 Å². The minimum Gasteiger partial charge on any atom is -0.504 e. The summed E-state index contributed by atoms with van der Waals surface area (Å²) in [4.78, 5) is 4.29. The van der Waals surface area contributed by atoms with Crippen LogP contribution in [-0.4, -0.2) is 26.8 Å². The van der Waals surface area contributed by atoms with Crippen molar-refractivity contribution >= 4 is 5.65 Å². The Morgan fingerprint density at radius 3 is 2.94 bits per heavy atom. The molecule has 18 heavy (non-hydrogen) atoms. The Kier molecular flexibility index (Phi) is 2.37. The molecule has 0 aliphatic carbocycles. The molecular formula is C13H11N3O2. The van der Waals surface area contributed by atoms with Gasteiger partial charge in [-0.05, 0) is 17.7 Å². The number of benzene rings is 1. The summed E-state index contributed by atoms with van der Waals surface area (Å²) in [5.41, 5.74) is 2.61. The number of nitrogens with zero attached hydrogens (tertiary/aromatic N) is 3. The summed E-state index contributed by atoms with van der Waals surface area (Å²) in [5, 5.41) is 13.7.